The van der Waals surface area contributed by atoms with Crippen LogP contribution in [0.5, 0.6) is 0 Å². The molecule has 0 saturated carbocycles. The van der Waals surface area contributed by atoms with Gasteiger partial charge in [0.05, 0.1) is 18.6 Å². The third-order valence-electron chi connectivity index (χ3n) is 7.14. The van der Waals surface area contributed by atoms with Crippen molar-refractivity contribution in [2.45, 2.75) is 94.9 Å². The zero-order valence-corrected chi connectivity index (χ0v) is 22.2. The highest BCUT2D eigenvalue weighted by Gasteiger charge is 2.34. The van der Waals surface area contributed by atoms with Gasteiger partial charge in [0.15, 0.2) is 5.96 Å². The molecule has 0 aromatic carbocycles. The third-order valence-corrected chi connectivity index (χ3v) is 7.14. The predicted octanol–water partition coefficient (Wildman–Crippen LogP) is 2.91. The molecule has 1 amide bonds. The number of amides is 1. The van der Waals surface area contributed by atoms with Crippen molar-refractivity contribution < 1.29 is 19.4 Å². The smallest absolute Gasteiger partial charge is 0.305 e. The van der Waals surface area contributed by atoms with Crippen LogP contribution in [-0.4, -0.2) is 83.2 Å². The highest BCUT2D eigenvalue weighted by atomic mass is 35.5. The van der Waals surface area contributed by atoms with Crippen molar-refractivity contribution in [1.82, 2.24) is 15.1 Å². The minimum Gasteiger partial charge on any atom is -0.481 e. The summed E-state index contributed by atoms with van der Waals surface area (Å²) < 4.78 is 6.11. The second kappa shape index (κ2) is 16.2. The fraction of sp³-hybridized carbons (Fsp3) is 0.792. The van der Waals surface area contributed by atoms with Crippen LogP contribution in [0.25, 0.3) is 0 Å². The molecular formula is C24H43Cl2N5O4. The first kappa shape index (κ1) is 31.5. The molecule has 1 unspecified atom stereocenters. The molecule has 0 spiro atoms. The zero-order chi connectivity index (χ0) is 23.6. The van der Waals surface area contributed by atoms with Crippen molar-refractivity contribution in [2.75, 3.05) is 26.2 Å². The number of nitrogens with one attached hydrogen (secondary N) is 2. The van der Waals surface area contributed by atoms with E-state index in [0.717, 1.165) is 77.3 Å². The van der Waals surface area contributed by atoms with Crippen molar-refractivity contribution >= 4 is 42.7 Å². The molecule has 3 rings (SSSR count). The fourth-order valence-corrected chi connectivity index (χ4v) is 5.24. The number of rotatable bonds is 9. The predicted molar refractivity (Wildman–Crippen MR) is 141 cm³/mol. The number of nitrogens with zero attached hydrogens (tertiary/aromatic N) is 2. The van der Waals surface area contributed by atoms with Gasteiger partial charge in [0.25, 0.3) is 0 Å². The van der Waals surface area contributed by atoms with E-state index < -0.39 is 12.0 Å². The highest BCUT2D eigenvalue weighted by molar-refractivity contribution is 5.86. The van der Waals surface area contributed by atoms with E-state index in [9.17, 15) is 14.7 Å². The lowest BCUT2D eigenvalue weighted by molar-refractivity contribution is -0.145. The van der Waals surface area contributed by atoms with Crippen molar-refractivity contribution in [2.24, 2.45) is 5.73 Å². The Balaban J connectivity index is 0.00000306. The van der Waals surface area contributed by atoms with E-state index in [0.29, 0.717) is 13.2 Å². The number of hydrogen-bond acceptors (Lipinski definition) is 5. The van der Waals surface area contributed by atoms with Gasteiger partial charge in [0.2, 0.25) is 5.91 Å². The lowest BCUT2D eigenvalue weighted by Crippen LogP contribution is -2.55. The second-order valence-corrected chi connectivity index (χ2v) is 9.55. The summed E-state index contributed by atoms with van der Waals surface area (Å²) in [6, 6.07) is -0.416. The van der Waals surface area contributed by atoms with Crippen LogP contribution in [0, 0.1) is 5.41 Å². The van der Waals surface area contributed by atoms with E-state index in [2.05, 4.69) is 17.5 Å². The first-order chi connectivity index (χ1) is 15.9. The molecule has 2 heterocycles. The Morgan fingerprint density at radius 2 is 1.71 bits per heavy atom. The summed E-state index contributed by atoms with van der Waals surface area (Å²) in [5.41, 5.74) is 5.56. The van der Waals surface area contributed by atoms with Gasteiger partial charge in [-0.15, -0.1) is 24.8 Å². The number of nitrogens with two attached hydrogens (primary N) is 1. The van der Waals surface area contributed by atoms with Gasteiger partial charge in [-0.05, 0) is 64.2 Å². The van der Waals surface area contributed by atoms with Gasteiger partial charge in [-0.25, -0.2) is 0 Å². The number of carboxylic acids is 1. The van der Waals surface area contributed by atoms with Crippen molar-refractivity contribution in [3.05, 3.63) is 12.2 Å². The lowest BCUT2D eigenvalue weighted by atomic mass is 9.97. The standard InChI is InChI=1S/C24H41N5O4.2ClH/c25-24(26)28-14-10-20(11-15-28)33-16-12-19-9-5-6-13-29(19)23(32)21(17-22(30)31)27-18-7-3-1-2-4-8-18;;/h1-2,18-21,27H,3-17H2,(H3,25,26)(H,30,31);2*1H/t19?,21-;;/m0../s1. The molecule has 2 atom stereocenters. The number of halogens is 2. The number of carboxylic acid groups (broad SMARTS) is 1. The number of carbonyl (C=O) groups excluding carboxylic acids is 1. The molecule has 9 nitrogen and oxygen atoms in total. The van der Waals surface area contributed by atoms with Crippen LogP contribution in [0.3, 0.4) is 0 Å². The maximum atomic E-state index is 13.5. The molecule has 5 N–H and O–H groups in total. The molecule has 0 bridgehead atoms. The number of allylic oxidation sites excluding steroid dienone is 2. The molecule has 3 aliphatic rings. The lowest BCUT2D eigenvalue weighted by Gasteiger charge is -2.39. The molecule has 2 fully saturated rings. The normalized spacial score (nSPS) is 22.5. The molecule has 0 radical (unpaired) electrons. The summed E-state index contributed by atoms with van der Waals surface area (Å²) in [6.07, 6.45) is 13.5. The van der Waals surface area contributed by atoms with Gasteiger partial charge in [0.1, 0.15) is 0 Å². The molecule has 0 aromatic heterocycles. The largest absolute Gasteiger partial charge is 0.481 e. The Morgan fingerprint density at radius 1 is 1.06 bits per heavy atom. The van der Waals surface area contributed by atoms with E-state index in [1.807, 2.05) is 9.80 Å². The van der Waals surface area contributed by atoms with Gasteiger partial charge in [-0.1, -0.05) is 12.2 Å². The van der Waals surface area contributed by atoms with Crippen LogP contribution >= 0.6 is 24.8 Å². The van der Waals surface area contributed by atoms with E-state index in [1.54, 1.807) is 0 Å². The average Bonchev–Trinajstić information content (AvgIpc) is 3.07. The van der Waals surface area contributed by atoms with Crippen LogP contribution in [0.1, 0.15) is 70.6 Å². The second-order valence-electron chi connectivity index (χ2n) is 9.55. The van der Waals surface area contributed by atoms with Crippen LogP contribution in [0.2, 0.25) is 0 Å². The number of likely N-dealkylation sites (tertiary alicyclic amines) is 2. The first-order valence-electron chi connectivity index (χ1n) is 12.6. The number of aliphatic carboxylic acids is 1. The Labute approximate surface area is 221 Å². The minimum absolute atomic E-state index is 0. The molecule has 11 heteroatoms. The first-order valence-corrected chi connectivity index (χ1v) is 12.6. The molecule has 2 aliphatic heterocycles. The molecule has 1 aliphatic carbocycles. The monoisotopic (exact) mass is 535 g/mol. The van der Waals surface area contributed by atoms with Crippen LogP contribution in [-0.2, 0) is 14.3 Å². The summed E-state index contributed by atoms with van der Waals surface area (Å²) in [5, 5.41) is 20.4. The fourth-order valence-electron chi connectivity index (χ4n) is 5.24. The maximum Gasteiger partial charge on any atom is 0.305 e. The SMILES string of the molecule is Cl.Cl.N=C(N)N1CCC(OCCC2CCCCN2C(=O)[C@H](CC(=O)O)NC2CCC=CCC2)CC1. The van der Waals surface area contributed by atoms with Gasteiger partial charge in [0, 0.05) is 38.3 Å². The summed E-state index contributed by atoms with van der Waals surface area (Å²) in [5.74, 6) is -0.898. The maximum absolute atomic E-state index is 13.5. The van der Waals surface area contributed by atoms with Gasteiger partial charge < -0.3 is 30.7 Å². The third kappa shape index (κ3) is 10.1. The Hall–Kier alpha value is -1.55. The quantitative estimate of drug-likeness (QED) is 0.202. The molecular weight excluding hydrogens is 493 g/mol. The number of piperidine rings is 2. The summed E-state index contributed by atoms with van der Waals surface area (Å²) in [4.78, 5) is 28.8. The number of hydrogen-bond donors (Lipinski definition) is 4. The van der Waals surface area contributed by atoms with Crippen LogP contribution < -0.4 is 11.1 Å². The van der Waals surface area contributed by atoms with Gasteiger partial charge in [-0.3, -0.25) is 15.0 Å². The van der Waals surface area contributed by atoms with Crippen LogP contribution in [0.4, 0.5) is 0 Å². The van der Waals surface area contributed by atoms with E-state index in [1.165, 1.54) is 0 Å². The Bertz CT molecular complexity index is 693. The number of carbonyl (C=O) groups is 2. The van der Waals surface area contributed by atoms with E-state index in [4.69, 9.17) is 15.9 Å². The highest BCUT2D eigenvalue weighted by Crippen LogP contribution is 2.23. The molecule has 0 aromatic rings. The van der Waals surface area contributed by atoms with Gasteiger partial charge >= 0.3 is 5.97 Å². The van der Waals surface area contributed by atoms with Crippen LogP contribution in [0.15, 0.2) is 12.2 Å². The number of guanidine groups is 1. The van der Waals surface area contributed by atoms with E-state index in [-0.39, 0.29) is 61.3 Å². The summed E-state index contributed by atoms with van der Waals surface area (Å²) >= 11 is 0. The molecule has 202 valence electrons. The zero-order valence-electron chi connectivity index (χ0n) is 20.5. The topological polar surface area (TPSA) is 132 Å². The molecule has 2 saturated heterocycles. The number of ether oxygens (including phenoxy) is 1. The average molecular weight is 537 g/mol. The minimum atomic E-state index is -0.943. The van der Waals surface area contributed by atoms with Gasteiger partial charge in [-0.2, -0.15) is 0 Å². The van der Waals surface area contributed by atoms with Crippen molar-refractivity contribution in [3.8, 4) is 0 Å². The summed E-state index contributed by atoms with van der Waals surface area (Å²) in [7, 11) is 0. The molecule has 35 heavy (non-hydrogen) atoms. The summed E-state index contributed by atoms with van der Waals surface area (Å²) in [6.45, 7) is 2.76. The Kier molecular flexibility index (Phi) is 14.6. The van der Waals surface area contributed by atoms with E-state index >= 15 is 0 Å². The Morgan fingerprint density at radius 3 is 2.31 bits per heavy atom. The van der Waals surface area contributed by atoms with Crippen molar-refractivity contribution in [1.29, 1.82) is 5.41 Å². The van der Waals surface area contributed by atoms with Crippen molar-refractivity contribution in [3.63, 3.8) is 0 Å².